The molecule has 1 aromatic carbocycles. The van der Waals surface area contributed by atoms with Gasteiger partial charge in [0.15, 0.2) is 0 Å². The summed E-state index contributed by atoms with van der Waals surface area (Å²) in [7, 11) is 0. The number of carbonyl (C=O) groups excluding carboxylic acids is 2. The lowest BCUT2D eigenvalue weighted by Gasteiger charge is -2.25. The van der Waals surface area contributed by atoms with Crippen molar-refractivity contribution >= 4 is 29.3 Å². The standard InChI is InChI=1S/C15H18N2O2S/c1-20-12-5-2-4-11(10-12)16-9-7-14(18)17-8-3-6-13(17)15(16)19/h2,4-5,10,13H,3,6-9H2,1H3. The van der Waals surface area contributed by atoms with E-state index in [0.29, 0.717) is 13.0 Å². The van der Waals surface area contributed by atoms with E-state index in [2.05, 4.69) is 0 Å². The van der Waals surface area contributed by atoms with Gasteiger partial charge in [-0.3, -0.25) is 9.59 Å². The third-order valence-electron chi connectivity index (χ3n) is 4.04. The molecule has 2 fully saturated rings. The minimum Gasteiger partial charge on any atom is -0.331 e. The van der Waals surface area contributed by atoms with E-state index < -0.39 is 0 Å². The van der Waals surface area contributed by atoms with Gasteiger partial charge < -0.3 is 9.80 Å². The molecule has 20 heavy (non-hydrogen) atoms. The lowest BCUT2D eigenvalue weighted by molar-refractivity contribution is -0.135. The first-order chi connectivity index (χ1) is 9.70. The summed E-state index contributed by atoms with van der Waals surface area (Å²) < 4.78 is 0. The SMILES string of the molecule is CSc1cccc(N2CCC(=O)N3CCCC3C2=O)c1. The maximum atomic E-state index is 12.7. The summed E-state index contributed by atoms with van der Waals surface area (Å²) >= 11 is 1.66. The van der Waals surface area contributed by atoms with Crippen molar-refractivity contribution in [2.75, 3.05) is 24.2 Å². The quantitative estimate of drug-likeness (QED) is 0.784. The van der Waals surface area contributed by atoms with Crippen molar-refractivity contribution < 1.29 is 9.59 Å². The van der Waals surface area contributed by atoms with Crippen LogP contribution < -0.4 is 4.90 Å². The van der Waals surface area contributed by atoms with E-state index in [4.69, 9.17) is 0 Å². The molecule has 1 atom stereocenters. The van der Waals surface area contributed by atoms with E-state index in [0.717, 1.165) is 30.0 Å². The molecule has 0 aromatic heterocycles. The number of anilines is 1. The molecule has 0 bridgehead atoms. The van der Waals surface area contributed by atoms with Gasteiger partial charge in [-0.05, 0) is 37.3 Å². The lowest BCUT2D eigenvalue weighted by Crippen LogP contribution is -2.43. The van der Waals surface area contributed by atoms with E-state index in [9.17, 15) is 9.59 Å². The van der Waals surface area contributed by atoms with Gasteiger partial charge in [0.2, 0.25) is 11.8 Å². The molecule has 0 aliphatic carbocycles. The second kappa shape index (κ2) is 5.48. The third-order valence-corrected chi connectivity index (χ3v) is 4.76. The molecule has 2 heterocycles. The molecule has 5 heteroatoms. The molecular formula is C15H18N2O2S. The van der Waals surface area contributed by atoms with Gasteiger partial charge in [0, 0.05) is 30.1 Å². The molecule has 1 unspecified atom stereocenters. The third kappa shape index (κ3) is 2.30. The van der Waals surface area contributed by atoms with Crippen LogP contribution in [0.15, 0.2) is 29.2 Å². The molecule has 0 N–H and O–H groups in total. The molecule has 1 aromatic rings. The Labute approximate surface area is 123 Å². The van der Waals surface area contributed by atoms with Gasteiger partial charge in [0.05, 0.1) is 0 Å². The van der Waals surface area contributed by atoms with Crippen molar-refractivity contribution in [3.8, 4) is 0 Å². The first-order valence-corrected chi connectivity index (χ1v) is 8.18. The number of thioether (sulfide) groups is 1. The first-order valence-electron chi connectivity index (χ1n) is 6.95. The van der Waals surface area contributed by atoms with Crippen molar-refractivity contribution in [2.24, 2.45) is 0 Å². The maximum absolute atomic E-state index is 12.7. The van der Waals surface area contributed by atoms with Gasteiger partial charge in [0.25, 0.3) is 0 Å². The van der Waals surface area contributed by atoms with Gasteiger partial charge in [-0.1, -0.05) is 6.07 Å². The molecule has 3 rings (SSSR count). The Kier molecular flexibility index (Phi) is 3.70. The molecule has 2 aliphatic heterocycles. The number of hydrogen-bond donors (Lipinski definition) is 0. The van der Waals surface area contributed by atoms with E-state index in [-0.39, 0.29) is 17.9 Å². The number of nitrogens with zero attached hydrogens (tertiary/aromatic N) is 2. The molecule has 4 nitrogen and oxygen atoms in total. The van der Waals surface area contributed by atoms with Gasteiger partial charge in [0.1, 0.15) is 6.04 Å². The van der Waals surface area contributed by atoms with Gasteiger partial charge in [-0.2, -0.15) is 0 Å². The second-order valence-electron chi connectivity index (χ2n) is 5.19. The fourth-order valence-corrected chi connectivity index (χ4v) is 3.45. The van der Waals surface area contributed by atoms with Gasteiger partial charge in [-0.15, -0.1) is 11.8 Å². The van der Waals surface area contributed by atoms with Crippen molar-refractivity contribution in [2.45, 2.75) is 30.2 Å². The molecule has 2 aliphatic rings. The zero-order valence-corrected chi connectivity index (χ0v) is 12.4. The largest absolute Gasteiger partial charge is 0.331 e. The Balaban J connectivity index is 1.92. The van der Waals surface area contributed by atoms with Crippen LogP contribution in [0, 0.1) is 0 Å². The van der Waals surface area contributed by atoms with Crippen LogP contribution in [0.2, 0.25) is 0 Å². The minimum atomic E-state index is -0.247. The van der Waals surface area contributed by atoms with Gasteiger partial charge >= 0.3 is 0 Å². The lowest BCUT2D eigenvalue weighted by atomic mass is 10.2. The fraction of sp³-hybridized carbons (Fsp3) is 0.467. The first kappa shape index (κ1) is 13.5. The van der Waals surface area contributed by atoms with Crippen LogP contribution >= 0.6 is 11.8 Å². The van der Waals surface area contributed by atoms with Crippen LogP contribution in [0.1, 0.15) is 19.3 Å². The zero-order valence-electron chi connectivity index (χ0n) is 11.5. The van der Waals surface area contributed by atoms with Crippen LogP contribution in [-0.4, -0.2) is 42.1 Å². The average molecular weight is 290 g/mol. The number of benzene rings is 1. The van der Waals surface area contributed by atoms with Crippen molar-refractivity contribution in [1.29, 1.82) is 0 Å². The smallest absolute Gasteiger partial charge is 0.249 e. The van der Waals surface area contributed by atoms with E-state index in [1.165, 1.54) is 0 Å². The summed E-state index contributed by atoms with van der Waals surface area (Å²) in [6.45, 7) is 1.22. The van der Waals surface area contributed by atoms with E-state index >= 15 is 0 Å². The Morgan fingerprint density at radius 1 is 1.25 bits per heavy atom. The van der Waals surface area contributed by atoms with Gasteiger partial charge in [-0.25, -0.2) is 0 Å². The highest BCUT2D eigenvalue weighted by atomic mass is 32.2. The maximum Gasteiger partial charge on any atom is 0.249 e. The minimum absolute atomic E-state index is 0.0756. The number of hydrogen-bond acceptors (Lipinski definition) is 3. The number of fused-ring (bicyclic) bond motifs is 1. The Bertz CT molecular complexity index is 546. The normalized spacial score (nSPS) is 22.9. The van der Waals surface area contributed by atoms with Crippen molar-refractivity contribution in [1.82, 2.24) is 4.90 Å². The summed E-state index contributed by atoms with van der Waals surface area (Å²) in [5.74, 6) is 0.191. The second-order valence-corrected chi connectivity index (χ2v) is 6.07. The summed E-state index contributed by atoms with van der Waals surface area (Å²) in [6.07, 6.45) is 4.17. The Morgan fingerprint density at radius 2 is 2.10 bits per heavy atom. The Hall–Kier alpha value is -1.49. The summed E-state index contributed by atoms with van der Waals surface area (Å²) in [6, 6.07) is 7.73. The van der Waals surface area contributed by atoms with Crippen LogP contribution in [0.25, 0.3) is 0 Å². The monoisotopic (exact) mass is 290 g/mol. The molecule has 2 saturated heterocycles. The van der Waals surface area contributed by atoms with Crippen LogP contribution in [0.5, 0.6) is 0 Å². The summed E-state index contributed by atoms with van der Waals surface area (Å²) in [4.78, 5) is 29.5. The topological polar surface area (TPSA) is 40.6 Å². The molecular weight excluding hydrogens is 272 g/mol. The highest BCUT2D eigenvalue weighted by Gasteiger charge is 2.39. The molecule has 2 amide bonds. The summed E-state index contributed by atoms with van der Waals surface area (Å²) in [5.41, 5.74) is 0.906. The molecule has 0 spiro atoms. The van der Waals surface area contributed by atoms with E-state index in [1.54, 1.807) is 21.6 Å². The number of amides is 2. The summed E-state index contributed by atoms with van der Waals surface area (Å²) in [5, 5.41) is 0. The zero-order chi connectivity index (χ0) is 14.1. The molecule has 0 radical (unpaired) electrons. The number of rotatable bonds is 2. The number of carbonyl (C=O) groups is 2. The van der Waals surface area contributed by atoms with Crippen LogP contribution in [0.3, 0.4) is 0 Å². The highest BCUT2D eigenvalue weighted by molar-refractivity contribution is 7.98. The molecule has 106 valence electrons. The van der Waals surface area contributed by atoms with Crippen molar-refractivity contribution in [3.63, 3.8) is 0 Å². The fourth-order valence-electron chi connectivity index (χ4n) is 3.00. The predicted molar refractivity (Wildman–Crippen MR) is 79.9 cm³/mol. The van der Waals surface area contributed by atoms with Crippen LogP contribution in [-0.2, 0) is 9.59 Å². The molecule has 0 saturated carbocycles. The highest BCUT2D eigenvalue weighted by Crippen LogP contribution is 2.28. The predicted octanol–water partition coefficient (Wildman–Crippen LogP) is 2.14. The van der Waals surface area contributed by atoms with Crippen LogP contribution in [0.4, 0.5) is 5.69 Å². The average Bonchev–Trinajstić information content (AvgIpc) is 2.93. The van der Waals surface area contributed by atoms with Crippen molar-refractivity contribution in [3.05, 3.63) is 24.3 Å². The Morgan fingerprint density at radius 3 is 2.90 bits per heavy atom. The van der Waals surface area contributed by atoms with E-state index in [1.807, 2.05) is 30.5 Å².